The van der Waals surface area contributed by atoms with Gasteiger partial charge in [0.1, 0.15) is 18.2 Å². The number of rotatable bonds is 9. The first-order valence-electron chi connectivity index (χ1n) is 14.1. The molecule has 13 nitrogen and oxygen atoms in total. The minimum Gasteiger partial charge on any atom is -0.490 e. The minimum atomic E-state index is -5.08. The Bertz CT molecular complexity index is 1640. The summed E-state index contributed by atoms with van der Waals surface area (Å²) in [6.07, 6.45) is -16.7. The molecule has 2 aromatic carbocycles. The number of hydrogen-bond donors (Lipinski definition) is 6. The number of alkyl halides is 12. The molecule has 1 heterocycles. The summed E-state index contributed by atoms with van der Waals surface area (Å²) >= 11 is 0. The summed E-state index contributed by atoms with van der Waals surface area (Å²) in [5.74, 6) is -9.26. The number of amides is 1. The first-order valence-corrected chi connectivity index (χ1v) is 14.1. The van der Waals surface area contributed by atoms with Crippen molar-refractivity contribution in [1.82, 2.24) is 15.1 Å². The van der Waals surface area contributed by atoms with Gasteiger partial charge in [0.2, 0.25) is 5.91 Å². The number of aromatic amines is 1. The molecule has 1 amide bonds. The van der Waals surface area contributed by atoms with Gasteiger partial charge in [-0.3, -0.25) is 9.89 Å². The van der Waals surface area contributed by atoms with E-state index < -0.39 is 65.9 Å². The number of H-pyrrole nitrogens is 1. The Hall–Kier alpha value is -5.66. The average Bonchev–Trinajstić information content (AvgIpc) is 3.56. The lowest BCUT2D eigenvalue weighted by Crippen LogP contribution is -2.37. The number of carboxylic acids is 3. The fourth-order valence-electron chi connectivity index (χ4n) is 3.13. The number of nitrogens with two attached hydrogens (primary N) is 1. The van der Waals surface area contributed by atoms with Crippen molar-refractivity contribution in [3.63, 3.8) is 0 Å². The van der Waals surface area contributed by atoms with E-state index in [-0.39, 0.29) is 30.0 Å². The molecule has 0 aliphatic heterocycles. The van der Waals surface area contributed by atoms with Crippen LogP contribution in [0.15, 0.2) is 48.8 Å². The number of benzene rings is 2. The van der Waals surface area contributed by atoms with E-state index in [1.807, 2.05) is 19.0 Å². The van der Waals surface area contributed by atoms with Crippen molar-refractivity contribution in [1.29, 1.82) is 0 Å². The summed E-state index contributed by atoms with van der Waals surface area (Å²) in [4.78, 5) is 41.3. The van der Waals surface area contributed by atoms with Crippen LogP contribution in [0, 0.1) is 5.82 Å². The monoisotopic (exact) mass is 821 g/mol. The summed E-state index contributed by atoms with van der Waals surface area (Å²) in [6, 6.07) is 5.92. The topological polar surface area (TPSA) is 208 Å². The molecule has 0 radical (unpaired) electrons. The maximum atomic E-state index is 14.8. The highest BCUT2D eigenvalue weighted by atomic mass is 19.4. The third-order valence-corrected chi connectivity index (χ3v) is 5.73. The molecule has 0 saturated carbocycles. The standard InChI is InChI=1S/C23H25F4N5O2.3C2HF3O2/c1-32(2)7-8-34-21-10-17(15-12-29-30-13-15)18(24)11-20(21)31-22(33)19(28)9-14-3-5-16(6-4-14)23(25,26)27;3*3-2(4,5)1(6)7/h3-6,10-13,19H,7-9,28H2,1-2H3,(H,29,30)(H,31,33);3*(H,6,7)/t19-;;;/m1.../s1. The van der Waals surface area contributed by atoms with Gasteiger partial charge in [-0.15, -0.1) is 0 Å². The number of carbonyl (C=O) groups excluding carboxylic acids is 1. The van der Waals surface area contributed by atoms with Gasteiger partial charge < -0.3 is 36.0 Å². The maximum Gasteiger partial charge on any atom is 0.490 e. The Morgan fingerprint density at radius 3 is 1.65 bits per heavy atom. The molecule has 0 saturated heterocycles. The van der Waals surface area contributed by atoms with Crippen molar-refractivity contribution in [2.24, 2.45) is 5.73 Å². The number of halogens is 13. The smallest absolute Gasteiger partial charge is 0.490 e. The average molecular weight is 822 g/mol. The van der Waals surface area contributed by atoms with E-state index in [0.29, 0.717) is 17.7 Å². The SMILES string of the molecule is CN(C)CCOc1cc(-c2cn[nH]c2)c(F)cc1NC(=O)[C@H](N)Cc1ccc(C(F)(F)F)cc1.O=C(O)C(F)(F)F.O=C(O)C(F)(F)F.O=C(O)C(F)(F)F. The molecule has 0 unspecified atom stereocenters. The quantitative estimate of drug-likeness (QED) is 0.147. The van der Waals surface area contributed by atoms with Crippen LogP contribution < -0.4 is 15.8 Å². The summed E-state index contributed by atoms with van der Waals surface area (Å²) in [5, 5.41) is 30.4. The summed E-state index contributed by atoms with van der Waals surface area (Å²) in [7, 11) is 3.74. The van der Waals surface area contributed by atoms with Gasteiger partial charge in [-0.05, 0) is 44.3 Å². The molecular weight excluding hydrogens is 793 g/mol. The highest BCUT2D eigenvalue weighted by molar-refractivity contribution is 5.96. The Labute approximate surface area is 299 Å². The van der Waals surface area contributed by atoms with Gasteiger partial charge in [0.25, 0.3) is 0 Å². The number of hydrogen-bond acceptors (Lipinski definition) is 8. The first kappa shape index (κ1) is 49.3. The molecule has 0 spiro atoms. The van der Waals surface area contributed by atoms with Crippen LogP contribution in [0.2, 0.25) is 0 Å². The van der Waals surface area contributed by atoms with Crippen LogP contribution in [0.3, 0.4) is 0 Å². The molecule has 55 heavy (non-hydrogen) atoms. The highest BCUT2D eigenvalue weighted by Crippen LogP contribution is 2.34. The van der Waals surface area contributed by atoms with Crippen LogP contribution in [0.1, 0.15) is 11.1 Å². The van der Waals surface area contributed by atoms with Crippen molar-refractivity contribution in [2.75, 3.05) is 32.6 Å². The van der Waals surface area contributed by atoms with E-state index in [1.54, 1.807) is 0 Å². The number of carbonyl (C=O) groups is 4. The molecule has 0 bridgehead atoms. The van der Waals surface area contributed by atoms with Gasteiger partial charge in [-0.1, -0.05) is 12.1 Å². The number of aliphatic carboxylic acids is 3. The number of nitrogens with one attached hydrogen (secondary N) is 2. The molecular formula is C29H28F13N5O8. The fourth-order valence-corrected chi connectivity index (χ4v) is 3.13. The summed E-state index contributed by atoms with van der Waals surface area (Å²) in [6.45, 7) is 0.864. The fraction of sp³-hybridized carbons (Fsp3) is 0.345. The van der Waals surface area contributed by atoms with Crippen molar-refractivity contribution in [3.8, 4) is 16.9 Å². The Morgan fingerprint density at radius 1 is 0.836 bits per heavy atom. The number of aromatic nitrogens is 2. The van der Waals surface area contributed by atoms with Crippen molar-refractivity contribution in [3.05, 3.63) is 65.7 Å². The van der Waals surface area contributed by atoms with Crippen LogP contribution in [-0.2, 0) is 31.8 Å². The van der Waals surface area contributed by atoms with E-state index >= 15 is 0 Å². The molecule has 3 aromatic rings. The molecule has 308 valence electrons. The minimum absolute atomic E-state index is 0.00360. The molecule has 26 heteroatoms. The largest absolute Gasteiger partial charge is 0.490 e. The summed E-state index contributed by atoms with van der Waals surface area (Å²) < 4.78 is 154. The van der Waals surface area contributed by atoms with Crippen LogP contribution in [0.25, 0.3) is 11.1 Å². The predicted molar refractivity (Wildman–Crippen MR) is 161 cm³/mol. The normalized spacial score (nSPS) is 12.1. The van der Waals surface area contributed by atoms with Gasteiger partial charge in [0, 0.05) is 29.9 Å². The molecule has 1 atom stereocenters. The Balaban J connectivity index is 0.00000113. The predicted octanol–water partition coefficient (Wildman–Crippen LogP) is 5.58. The molecule has 0 aliphatic carbocycles. The van der Waals surface area contributed by atoms with E-state index in [1.165, 1.54) is 30.6 Å². The highest BCUT2D eigenvalue weighted by Gasteiger charge is 2.39. The number of nitrogens with zero attached hydrogens (tertiary/aromatic N) is 2. The van der Waals surface area contributed by atoms with Gasteiger partial charge >= 0.3 is 42.6 Å². The van der Waals surface area contributed by atoms with E-state index in [4.69, 9.17) is 40.2 Å². The molecule has 0 fully saturated rings. The van der Waals surface area contributed by atoms with Crippen LogP contribution in [-0.4, -0.2) is 106 Å². The third-order valence-electron chi connectivity index (χ3n) is 5.73. The number of likely N-dealkylation sites (N-methyl/N-ethyl adjacent to an activating group) is 1. The zero-order valence-corrected chi connectivity index (χ0v) is 27.6. The molecule has 7 N–H and O–H groups in total. The molecule has 3 rings (SSSR count). The second kappa shape index (κ2) is 20.7. The zero-order valence-electron chi connectivity index (χ0n) is 27.6. The van der Waals surface area contributed by atoms with Crippen LogP contribution in [0.5, 0.6) is 5.75 Å². The van der Waals surface area contributed by atoms with Crippen LogP contribution >= 0.6 is 0 Å². The summed E-state index contributed by atoms with van der Waals surface area (Å²) in [5.41, 5.74) is 6.47. The van der Waals surface area contributed by atoms with E-state index in [0.717, 1.165) is 18.2 Å². The second-order valence-corrected chi connectivity index (χ2v) is 10.4. The van der Waals surface area contributed by atoms with Gasteiger partial charge in [0.15, 0.2) is 0 Å². The Kier molecular flexibility index (Phi) is 18.6. The number of anilines is 1. The third kappa shape index (κ3) is 19.3. The van der Waals surface area contributed by atoms with Gasteiger partial charge in [0.05, 0.1) is 23.5 Å². The van der Waals surface area contributed by atoms with Crippen molar-refractivity contribution in [2.45, 2.75) is 37.2 Å². The number of ether oxygens (including phenoxy) is 1. The lowest BCUT2D eigenvalue weighted by atomic mass is 10.0. The Morgan fingerprint density at radius 2 is 1.29 bits per heavy atom. The number of carboxylic acid groups (broad SMARTS) is 3. The first-order chi connectivity index (χ1) is 24.9. The van der Waals surface area contributed by atoms with Crippen molar-refractivity contribution < 1.29 is 96.3 Å². The maximum absolute atomic E-state index is 14.8. The van der Waals surface area contributed by atoms with Crippen LogP contribution in [0.4, 0.5) is 62.8 Å². The molecule has 0 aliphatic rings. The lowest BCUT2D eigenvalue weighted by molar-refractivity contribution is -0.193. The van der Waals surface area contributed by atoms with Gasteiger partial charge in [-0.2, -0.15) is 57.8 Å². The molecule has 1 aromatic heterocycles. The van der Waals surface area contributed by atoms with Gasteiger partial charge in [-0.25, -0.2) is 18.8 Å². The van der Waals surface area contributed by atoms with Crippen molar-refractivity contribution >= 4 is 29.5 Å². The lowest BCUT2D eigenvalue weighted by Gasteiger charge is -2.18. The second-order valence-electron chi connectivity index (χ2n) is 10.4. The zero-order chi connectivity index (χ0) is 43.1. The van der Waals surface area contributed by atoms with E-state index in [9.17, 15) is 61.9 Å². The van der Waals surface area contributed by atoms with E-state index in [2.05, 4.69) is 15.5 Å².